The summed E-state index contributed by atoms with van der Waals surface area (Å²) in [6.07, 6.45) is 2.40. The molecule has 5 heteroatoms. The summed E-state index contributed by atoms with van der Waals surface area (Å²) in [5.74, 6) is 1.81. The Morgan fingerprint density at radius 2 is 1.76 bits per heavy atom. The smallest absolute Gasteiger partial charge is 0.164 e. The molecular weight excluding hydrogens is 214 g/mol. The van der Waals surface area contributed by atoms with Crippen LogP contribution in [0.1, 0.15) is 24.7 Å². The highest BCUT2D eigenvalue weighted by Gasteiger charge is 2.28. The third-order valence-corrected chi connectivity index (χ3v) is 3.01. The van der Waals surface area contributed by atoms with E-state index in [1.54, 1.807) is 6.07 Å². The first-order chi connectivity index (χ1) is 8.15. The van der Waals surface area contributed by atoms with Crippen LogP contribution in [0.15, 0.2) is 18.2 Å². The molecule has 1 aliphatic rings. The number of hydrogen-bond acceptors (Lipinski definition) is 4. The van der Waals surface area contributed by atoms with Gasteiger partial charge in [-0.3, -0.25) is 0 Å². The molecule has 0 unspecified atom stereocenters. The van der Waals surface area contributed by atoms with Gasteiger partial charge in [0.2, 0.25) is 0 Å². The third-order valence-electron chi connectivity index (χ3n) is 3.01. The fraction of sp³-hybridized carbons (Fsp3) is 0.333. The fourth-order valence-electron chi connectivity index (χ4n) is 2.14. The lowest BCUT2D eigenvalue weighted by Crippen LogP contribution is -2.01. The number of aryl methyl sites for hydroxylation is 1. The highest BCUT2D eigenvalue weighted by atomic mass is 15.3. The van der Waals surface area contributed by atoms with E-state index in [1.165, 1.54) is 12.8 Å². The molecule has 1 aliphatic carbocycles. The Balaban J connectivity index is 2.14. The number of nitrogen functional groups attached to an aromatic ring is 2. The molecule has 0 radical (unpaired) electrons. The van der Waals surface area contributed by atoms with Gasteiger partial charge in [-0.1, -0.05) is 0 Å². The summed E-state index contributed by atoms with van der Waals surface area (Å²) in [5, 5.41) is 8.38. The standard InChI is InChI=1S/C12H15N5/c1-7-15-16-12(17(7)11-2-3-11)8-4-9(13)6-10(14)5-8/h4-6,11H,2-3,13-14H2,1H3. The van der Waals surface area contributed by atoms with Gasteiger partial charge in [0.15, 0.2) is 5.82 Å². The molecule has 0 spiro atoms. The van der Waals surface area contributed by atoms with Gasteiger partial charge in [0, 0.05) is 23.0 Å². The van der Waals surface area contributed by atoms with Crippen LogP contribution in [0.4, 0.5) is 11.4 Å². The van der Waals surface area contributed by atoms with Crippen molar-refractivity contribution in [2.24, 2.45) is 0 Å². The van der Waals surface area contributed by atoms with Crippen LogP contribution in [-0.4, -0.2) is 14.8 Å². The van der Waals surface area contributed by atoms with Crippen LogP contribution in [0.2, 0.25) is 0 Å². The number of hydrogen-bond donors (Lipinski definition) is 2. The zero-order valence-corrected chi connectivity index (χ0v) is 9.72. The fourth-order valence-corrected chi connectivity index (χ4v) is 2.14. The summed E-state index contributed by atoms with van der Waals surface area (Å²) in [5.41, 5.74) is 13.9. The first kappa shape index (κ1) is 10.1. The van der Waals surface area contributed by atoms with Crippen molar-refractivity contribution >= 4 is 11.4 Å². The van der Waals surface area contributed by atoms with E-state index in [4.69, 9.17) is 11.5 Å². The van der Waals surface area contributed by atoms with Crippen LogP contribution in [0.5, 0.6) is 0 Å². The van der Waals surface area contributed by atoms with Gasteiger partial charge < -0.3 is 16.0 Å². The van der Waals surface area contributed by atoms with E-state index in [9.17, 15) is 0 Å². The third kappa shape index (κ3) is 1.73. The molecule has 1 fully saturated rings. The Hall–Kier alpha value is -2.04. The highest BCUT2D eigenvalue weighted by molar-refractivity contribution is 5.68. The normalized spacial score (nSPS) is 15.1. The minimum absolute atomic E-state index is 0.544. The van der Waals surface area contributed by atoms with E-state index in [0.717, 1.165) is 17.2 Å². The maximum absolute atomic E-state index is 5.81. The molecule has 5 nitrogen and oxygen atoms in total. The molecule has 0 aliphatic heterocycles. The van der Waals surface area contributed by atoms with E-state index in [2.05, 4.69) is 14.8 Å². The summed E-state index contributed by atoms with van der Waals surface area (Å²) >= 11 is 0. The molecule has 0 saturated heterocycles. The quantitative estimate of drug-likeness (QED) is 0.768. The number of aromatic nitrogens is 3. The molecule has 2 aromatic rings. The van der Waals surface area contributed by atoms with Crippen LogP contribution in [0.3, 0.4) is 0 Å². The Bertz CT molecular complexity index is 548. The number of rotatable bonds is 2. The summed E-state index contributed by atoms with van der Waals surface area (Å²) in [4.78, 5) is 0. The van der Waals surface area contributed by atoms with E-state index >= 15 is 0 Å². The molecule has 1 heterocycles. The van der Waals surface area contributed by atoms with Gasteiger partial charge in [0.25, 0.3) is 0 Å². The predicted octanol–water partition coefficient (Wildman–Crippen LogP) is 1.75. The first-order valence-corrected chi connectivity index (χ1v) is 5.73. The van der Waals surface area contributed by atoms with Crippen LogP contribution in [-0.2, 0) is 0 Å². The summed E-state index contributed by atoms with van der Waals surface area (Å²) in [7, 11) is 0. The second kappa shape index (κ2) is 3.48. The lowest BCUT2D eigenvalue weighted by molar-refractivity contribution is 0.717. The maximum atomic E-state index is 5.81. The number of anilines is 2. The predicted molar refractivity (Wildman–Crippen MR) is 67.3 cm³/mol. The average molecular weight is 229 g/mol. The van der Waals surface area contributed by atoms with Gasteiger partial charge in [-0.25, -0.2) is 0 Å². The molecule has 88 valence electrons. The number of nitrogens with two attached hydrogens (primary N) is 2. The molecule has 1 saturated carbocycles. The van der Waals surface area contributed by atoms with Crippen molar-refractivity contribution in [2.75, 3.05) is 11.5 Å². The van der Waals surface area contributed by atoms with Crippen LogP contribution >= 0.6 is 0 Å². The molecule has 3 rings (SSSR count). The highest BCUT2D eigenvalue weighted by Crippen LogP contribution is 2.39. The van der Waals surface area contributed by atoms with E-state index in [-0.39, 0.29) is 0 Å². The van der Waals surface area contributed by atoms with Crippen molar-refractivity contribution in [1.82, 2.24) is 14.8 Å². The van der Waals surface area contributed by atoms with Crippen LogP contribution in [0.25, 0.3) is 11.4 Å². The van der Waals surface area contributed by atoms with Crippen molar-refractivity contribution < 1.29 is 0 Å². The minimum Gasteiger partial charge on any atom is -0.399 e. The summed E-state index contributed by atoms with van der Waals surface area (Å²) < 4.78 is 2.17. The Labute approximate surface area is 99.4 Å². The second-order valence-electron chi connectivity index (χ2n) is 4.56. The SMILES string of the molecule is Cc1nnc(-c2cc(N)cc(N)c2)n1C1CC1. The largest absolute Gasteiger partial charge is 0.399 e. The maximum Gasteiger partial charge on any atom is 0.164 e. The van der Waals surface area contributed by atoms with Gasteiger partial charge in [-0.05, 0) is 38.0 Å². The Kier molecular flexibility index (Phi) is 2.07. The molecule has 1 aromatic heterocycles. The summed E-state index contributed by atoms with van der Waals surface area (Å²) in [6, 6.07) is 6.06. The molecule has 0 bridgehead atoms. The van der Waals surface area contributed by atoms with E-state index < -0.39 is 0 Å². The average Bonchev–Trinajstić information content (AvgIpc) is 3.01. The van der Waals surface area contributed by atoms with Crippen molar-refractivity contribution in [2.45, 2.75) is 25.8 Å². The monoisotopic (exact) mass is 229 g/mol. The Morgan fingerprint density at radius 3 is 2.35 bits per heavy atom. The zero-order valence-electron chi connectivity index (χ0n) is 9.72. The topological polar surface area (TPSA) is 82.8 Å². The van der Waals surface area contributed by atoms with Crippen molar-refractivity contribution in [3.63, 3.8) is 0 Å². The minimum atomic E-state index is 0.544. The van der Waals surface area contributed by atoms with E-state index in [1.807, 2.05) is 19.1 Å². The molecule has 0 amide bonds. The molecule has 1 aromatic carbocycles. The zero-order chi connectivity index (χ0) is 12.0. The molecular formula is C12H15N5. The van der Waals surface area contributed by atoms with Gasteiger partial charge in [-0.2, -0.15) is 0 Å². The molecule has 17 heavy (non-hydrogen) atoms. The van der Waals surface area contributed by atoms with Gasteiger partial charge in [0.05, 0.1) is 0 Å². The lowest BCUT2D eigenvalue weighted by Gasteiger charge is -2.08. The van der Waals surface area contributed by atoms with Crippen molar-refractivity contribution in [3.8, 4) is 11.4 Å². The van der Waals surface area contributed by atoms with Crippen molar-refractivity contribution in [1.29, 1.82) is 0 Å². The second-order valence-corrected chi connectivity index (χ2v) is 4.56. The number of nitrogens with zero attached hydrogens (tertiary/aromatic N) is 3. The summed E-state index contributed by atoms with van der Waals surface area (Å²) in [6.45, 7) is 1.98. The first-order valence-electron chi connectivity index (χ1n) is 5.73. The lowest BCUT2D eigenvalue weighted by atomic mass is 10.1. The van der Waals surface area contributed by atoms with Crippen LogP contribution in [0, 0.1) is 6.92 Å². The number of benzene rings is 1. The van der Waals surface area contributed by atoms with Crippen molar-refractivity contribution in [3.05, 3.63) is 24.0 Å². The molecule has 4 N–H and O–H groups in total. The molecule has 0 atom stereocenters. The Morgan fingerprint density at radius 1 is 1.12 bits per heavy atom. The van der Waals surface area contributed by atoms with Gasteiger partial charge in [0.1, 0.15) is 5.82 Å². The van der Waals surface area contributed by atoms with Crippen LogP contribution < -0.4 is 11.5 Å². The van der Waals surface area contributed by atoms with Gasteiger partial charge in [-0.15, -0.1) is 10.2 Å². The van der Waals surface area contributed by atoms with E-state index in [0.29, 0.717) is 17.4 Å². The van der Waals surface area contributed by atoms with Gasteiger partial charge >= 0.3 is 0 Å².